The van der Waals surface area contributed by atoms with Gasteiger partial charge in [0.1, 0.15) is 6.61 Å². The van der Waals surface area contributed by atoms with Crippen molar-refractivity contribution in [3.63, 3.8) is 0 Å². The van der Waals surface area contributed by atoms with Gasteiger partial charge in [-0.1, -0.05) is 0 Å². The van der Waals surface area contributed by atoms with Gasteiger partial charge >= 0.3 is 0 Å². The van der Waals surface area contributed by atoms with E-state index in [-0.39, 0.29) is 12.4 Å². The molecule has 58 valence electrons. The molecule has 0 aliphatic carbocycles. The molecule has 0 radical (unpaired) electrons. The van der Waals surface area contributed by atoms with Crippen molar-refractivity contribution in [2.75, 3.05) is 13.2 Å². The molecule has 0 saturated heterocycles. The van der Waals surface area contributed by atoms with Crippen LogP contribution in [0.4, 0.5) is 0 Å². The maximum absolute atomic E-state index is 10.4. The molecule has 0 aromatic carbocycles. The highest BCUT2D eigenvalue weighted by molar-refractivity contribution is 5.81. The van der Waals surface area contributed by atoms with Crippen LogP contribution >= 0.6 is 0 Å². The standard InChI is InChI=1S/C7H13NO2/c1-4-8-7(3)10-5-6(2)9/h4-5H2,1-3H3. The first-order valence-corrected chi connectivity index (χ1v) is 3.30. The first-order chi connectivity index (χ1) is 4.66. The van der Waals surface area contributed by atoms with E-state index in [4.69, 9.17) is 4.74 Å². The Kier molecular flexibility index (Phi) is 4.54. The summed E-state index contributed by atoms with van der Waals surface area (Å²) in [6.45, 7) is 5.98. The summed E-state index contributed by atoms with van der Waals surface area (Å²) in [5.74, 6) is 0.600. The minimum absolute atomic E-state index is 0.0191. The molecular weight excluding hydrogens is 130 g/mol. The molecular formula is C7H13NO2. The maximum atomic E-state index is 10.4. The fourth-order valence-electron chi connectivity index (χ4n) is 0.474. The molecule has 0 rings (SSSR count). The average Bonchev–Trinajstić information content (AvgIpc) is 1.85. The van der Waals surface area contributed by atoms with Crippen LogP contribution in [0.25, 0.3) is 0 Å². The zero-order chi connectivity index (χ0) is 7.98. The molecule has 3 nitrogen and oxygen atoms in total. The van der Waals surface area contributed by atoms with Crippen molar-refractivity contribution in [2.24, 2.45) is 4.99 Å². The topological polar surface area (TPSA) is 38.7 Å². The highest BCUT2D eigenvalue weighted by Crippen LogP contribution is 1.82. The number of aliphatic imine (C=N–C) groups is 1. The molecule has 0 saturated carbocycles. The lowest BCUT2D eigenvalue weighted by Crippen LogP contribution is -2.08. The molecule has 3 heteroatoms. The van der Waals surface area contributed by atoms with Gasteiger partial charge in [-0.2, -0.15) is 0 Å². The van der Waals surface area contributed by atoms with Gasteiger partial charge in [0.2, 0.25) is 0 Å². The third-order valence-corrected chi connectivity index (χ3v) is 0.865. The Morgan fingerprint density at radius 2 is 2.10 bits per heavy atom. The van der Waals surface area contributed by atoms with Gasteiger partial charge in [-0.15, -0.1) is 0 Å². The molecule has 0 heterocycles. The quantitative estimate of drug-likeness (QED) is 0.437. The van der Waals surface area contributed by atoms with Crippen LogP contribution in [0.5, 0.6) is 0 Å². The Morgan fingerprint density at radius 1 is 1.50 bits per heavy atom. The van der Waals surface area contributed by atoms with Crippen LogP contribution in [0.3, 0.4) is 0 Å². The van der Waals surface area contributed by atoms with Gasteiger partial charge in [0.15, 0.2) is 11.7 Å². The second kappa shape index (κ2) is 4.97. The number of rotatable bonds is 3. The van der Waals surface area contributed by atoms with Crippen molar-refractivity contribution >= 4 is 11.7 Å². The minimum Gasteiger partial charge on any atom is -0.473 e. The number of ether oxygens (including phenoxy) is 1. The van der Waals surface area contributed by atoms with E-state index in [1.165, 1.54) is 6.92 Å². The van der Waals surface area contributed by atoms with Gasteiger partial charge in [0, 0.05) is 13.5 Å². The zero-order valence-corrected chi connectivity index (χ0v) is 6.68. The van der Waals surface area contributed by atoms with Crippen LogP contribution in [0.2, 0.25) is 0 Å². The monoisotopic (exact) mass is 143 g/mol. The number of Topliss-reactive ketones (excluding diaryl/α,β-unsaturated/α-hetero) is 1. The van der Waals surface area contributed by atoms with Crippen molar-refractivity contribution in [3.05, 3.63) is 0 Å². The summed E-state index contributed by atoms with van der Waals surface area (Å²) in [7, 11) is 0. The summed E-state index contributed by atoms with van der Waals surface area (Å²) >= 11 is 0. The van der Waals surface area contributed by atoms with E-state index in [1.54, 1.807) is 6.92 Å². The van der Waals surface area contributed by atoms with Gasteiger partial charge in [0.05, 0.1) is 0 Å². The van der Waals surface area contributed by atoms with E-state index in [1.807, 2.05) is 6.92 Å². The van der Waals surface area contributed by atoms with Crippen molar-refractivity contribution in [3.8, 4) is 0 Å². The maximum Gasteiger partial charge on any atom is 0.180 e. The smallest absolute Gasteiger partial charge is 0.180 e. The highest BCUT2D eigenvalue weighted by atomic mass is 16.5. The van der Waals surface area contributed by atoms with Crippen molar-refractivity contribution < 1.29 is 9.53 Å². The van der Waals surface area contributed by atoms with Crippen LogP contribution in [0, 0.1) is 0 Å². The molecule has 0 N–H and O–H groups in total. The van der Waals surface area contributed by atoms with E-state index in [2.05, 4.69) is 4.99 Å². The summed E-state index contributed by atoms with van der Waals surface area (Å²) in [5.41, 5.74) is 0. The van der Waals surface area contributed by atoms with Crippen molar-refractivity contribution in [2.45, 2.75) is 20.8 Å². The average molecular weight is 143 g/mol. The van der Waals surface area contributed by atoms with Crippen molar-refractivity contribution in [1.29, 1.82) is 0 Å². The second-order valence-corrected chi connectivity index (χ2v) is 1.98. The molecule has 0 unspecified atom stereocenters. The Morgan fingerprint density at radius 3 is 2.50 bits per heavy atom. The molecule has 0 aromatic heterocycles. The SMILES string of the molecule is CCN=C(C)OCC(C)=O. The Bertz CT molecular complexity index is 141. The van der Waals surface area contributed by atoms with Crippen LogP contribution < -0.4 is 0 Å². The highest BCUT2D eigenvalue weighted by Gasteiger charge is 1.93. The molecule has 0 fully saturated rings. The van der Waals surface area contributed by atoms with E-state index in [0.717, 1.165) is 0 Å². The molecule has 10 heavy (non-hydrogen) atoms. The van der Waals surface area contributed by atoms with Gasteiger partial charge in [-0.25, -0.2) is 0 Å². The van der Waals surface area contributed by atoms with Crippen LogP contribution in [-0.4, -0.2) is 24.8 Å². The fourth-order valence-corrected chi connectivity index (χ4v) is 0.474. The van der Waals surface area contributed by atoms with Gasteiger partial charge in [-0.3, -0.25) is 9.79 Å². The number of carbonyl (C=O) groups is 1. The molecule has 0 aliphatic heterocycles. The van der Waals surface area contributed by atoms with E-state index in [0.29, 0.717) is 12.4 Å². The van der Waals surface area contributed by atoms with Crippen LogP contribution in [0.15, 0.2) is 4.99 Å². The summed E-state index contributed by atoms with van der Waals surface area (Å²) in [5, 5.41) is 0. The van der Waals surface area contributed by atoms with E-state index < -0.39 is 0 Å². The predicted molar refractivity (Wildman–Crippen MR) is 40.3 cm³/mol. The van der Waals surface area contributed by atoms with E-state index in [9.17, 15) is 4.79 Å². The molecule has 0 aliphatic rings. The summed E-state index contributed by atoms with van der Waals surface area (Å²) in [6.07, 6.45) is 0. The lowest BCUT2D eigenvalue weighted by Gasteiger charge is -2.00. The fraction of sp³-hybridized carbons (Fsp3) is 0.714. The van der Waals surface area contributed by atoms with Crippen molar-refractivity contribution in [1.82, 2.24) is 0 Å². The summed E-state index contributed by atoms with van der Waals surface area (Å²) < 4.78 is 4.94. The van der Waals surface area contributed by atoms with E-state index >= 15 is 0 Å². The first kappa shape index (κ1) is 9.14. The minimum atomic E-state index is 0.0191. The normalized spacial score (nSPS) is 11.3. The number of carbonyl (C=O) groups excluding carboxylic acids is 1. The zero-order valence-electron chi connectivity index (χ0n) is 6.68. The largest absolute Gasteiger partial charge is 0.473 e. The molecule has 0 aromatic rings. The number of nitrogens with zero attached hydrogens (tertiary/aromatic N) is 1. The molecule has 0 amide bonds. The Hall–Kier alpha value is -0.860. The Balaban J connectivity index is 3.48. The van der Waals surface area contributed by atoms with Gasteiger partial charge in [-0.05, 0) is 13.8 Å². The van der Waals surface area contributed by atoms with Crippen LogP contribution in [0.1, 0.15) is 20.8 Å². The molecule has 0 atom stereocenters. The number of hydrogen-bond acceptors (Lipinski definition) is 3. The summed E-state index contributed by atoms with van der Waals surface area (Å²) in [4.78, 5) is 14.3. The predicted octanol–water partition coefficient (Wildman–Crippen LogP) is 1.03. The lowest BCUT2D eigenvalue weighted by atomic mass is 10.5. The molecule has 0 bridgehead atoms. The third-order valence-electron chi connectivity index (χ3n) is 0.865. The second-order valence-electron chi connectivity index (χ2n) is 1.98. The summed E-state index contributed by atoms with van der Waals surface area (Å²) in [6, 6.07) is 0. The number of ketones is 1. The van der Waals surface area contributed by atoms with Crippen LogP contribution in [-0.2, 0) is 9.53 Å². The first-order valence-electron chi connectivity index (χ1n) is 3.30. The Labute approximate surface area is 61.1 Å². The number of hydrogen-bond donors (Lipinski definition) is 0. The van der Waals surface area contributed by atoms with Gasteiger partial charge < -0.3 is 4.74 Å². The lowest BCUT2D eigenvalue weighted by molar-refractivity contribution is -0.119. The third kappa shape index (κ3) is 5.28. The van der Waals surface area contributed by atoms with Gasteiger partial charge in [0.25, 0.3) is 0 Å². The molecule has 0 spiro atoms.